The number of aryl methyl sites for hydroxylation is 1. The molecule has 0 amide bonds. The molecule has 0 aliphatic carbocycles. The van der Waals surface area contributed by atoms with E-state index in [9.17, 15) is 8.42 Å². The van der Waals surface area contributed by atoms with Crippen molar-refractivity contribution in [2.75, 3.05) is 10.5 Å². The Bertz CT molecular complexity index is 661. The predicted molar refractivity (Wildman–Crippen MR) is 71.9 cm³/mol. The first-order valence-electron chi connectivity index (χ1n) is 5.43. The molecule has 0 radical (unpaired) electrons. The summed E-state index contributed by atoms with van der Waals surface area (Å²) in [6, 6.07) is 5.00. The van der Waals surface area contributed by atoms with Crippen molar-refractivity contribution in [2.24, 2.45) is 0 Å². The van der Waals surface area contributed by atoms with Gasteiger partial charge >= 0.3 is 0 Å². The van der Waals surface area contributed by atoms with E-state index in [0.29, 0.717) is 11.4 Å². The minimum atomic E-state index is -3.56. The van der Waals surface area contributed by atoms with Gasteiger partial charge in [-0.15, -0.1) is 0 Å². The van der Waals surface area contributed by atoms with Crippen LogP contribution in [0.1, 0.15) is 11.1 Å². The number of aromatic amines is 1. The molecule has 4 N–H and O–H groups in total. The lowest BCUT2D eigenvalue weighted by Gasteiger charge is -2.12. The highest BCUT2D eigenvalue weighted by Gasteiger charge is 2.16. The normalized spacial score (nSPS) is 11.4. The molecule has 96 valence electrons. The monoisotopic (exact) mass is 265 g/mol. The number of anilines is 2. The van der Waals surface area contributed by atoms with E-state index >= 15 is 0 Å². The average molecular weight is 265 g/mol. The number of H-pyrrole nitrogens is 1. The van der Waals surface area contributed by atoms with E-state index in [4.69, 9.17) is 5.73 Å². The zero-order valence-corrected chi connectivity index (χ0v) is 11.0. The van der Waals surface area contributed by atoms with Gasteiger partial charge in [0.05, 0.1) is 5.69 Å². The third-order valence-electron chi connectivity index (χ3n) is 2.86. The van der Waals surface area contributed by atoms with Crippen molar-refractivity contribution >= 4 is 21.4 Å². The Labute approximate surface area is 106 Å². The number of sulfonamides is 1. The van der Waals surface area contributed by atoms with Gasteiger partial charge in [0.2, 0.25) is 0 Å². The second kappa shape index (κ2) is 4.38. The van der Waals surface area contributed by atoms with Gasteiger partial charge in [-0.05, 0) is 37.1 Å². The van der Waals surface area contributed by atoms with E-state index in [1.807, 2.05) is 6.92 Å². The average Bonchev–Trinajstić information content (AvgIpc) is 2.84. The van der Waals surface area contributed by atoms with Crippen molar-refractivity contribution in [1.82, 2.24) is 4.98 Å². The molecule has 0 unspecified atom stereocenters. The Morgan fingerprint density at radius 2 is 1.94 bits per heavy atom. The van der Waals surface area contributed by atoms with E-state index in [1.165, 1.54) is 12.3 Å². The van der Waals surface area contributed by atoms with Crippen LogP contribution in [-0.2, 0) is 10.0 Å². The van der Waals surface area contributed by atoms with Gasteiger partial charge in [0.15, 0.2) is 0 Å². The van der Waals surface area contributed by atoms with Crippen molar-refractivity contribution < 1.29 is 8.42 Å². The Morgan fingerprint density at radius 1 is 1.22 bits per heavy atom. The number of nitrogen functional groups attached to an aromatic ring is 1. The molecule has 0 aliphatic rings. The molecule has 0 saturated carbocycles. The van der Waals surface area contributed by atoms with Gasteiger partial charge in [0.1, 0.15) is 4.90 Å². The number of hydrogen-bond acceptors (Lipinski definition) is 3. The van der Waals surface area contributed by atoms with Crippen LogP contribution in [0.15, 0.2) is 35.5 Å². The van der Waals surface area contributed by atoms with Crippen molar-refractivity contribution in [3.63, 3.8) is 0 Å². The number of aromatic nitrogens is 1. The van der Waals surface area contributed by atoms with Crippen LogP contribution in [0.2, 0.25) is 0 Å². The fraction of sp³-hybridized carbons (Fsp3) is 0.167. The van der Waals surface area contributed by atoms with Crippen LogP contribution in [0.25, 0.3) is 0 Å². The van der Waals surface area contributed by atoms with E-state index in [0.717, 1.165) is 11.1 Å². The molecule has 18 heavy (non-hydrogen) atoms. The molecule has 0 atom stereocenters. The second-order valence-corrected chi connectivity index (χ2v) is 5.80. The smallest absolute Gasteiger partial charge is 0.263 e. The molecular weight excluding hydrogens is 250 g/mol. The summed E-state index contributed by atoms with van der Waals surface area (Å²) in [4.78, 5) is 2.91. The minimum absolute atomic E-state index is 0.195. The van der Waals surface area contributed by atoms with Crippen molar-refractivity contribution in [1.29, 1.82) is 0 Å². The standard InChI is InChI=1S/C12H15N3O2S/c1-8-3-4-11(9(2)12(8)13)15-18(16,17)10-5-6-14-7-10/h3-7,14-15H,13H2,1-2H3. The number of benzene rings is 1. The maximum absolute atomic E-state index is 12.0. The summed E-state index contributed by atoms with van der Waals surface area (Å²) < 4.78 is 26.6. The molecule has 2 aromatic rings. The number of hydrogen-bond donors (Lipinski definition) is 3. The lowest BCUT2D eigenvalue weighted by molar-refractivity contribution is 0.601. The fourth-order valence-electron chi connectivity index (χ4n) is 1.65. The highest BCUT2D eigenvalue weighted by atomic mass is 32.2. The summed E-state index contributed by atoms with van der Waals surface area (Å²) in [6.45, 7) is 3.67. The lowest BCUT2D eigenvalue weighted by Crippen LogP contribution is -2.13. The van der Waals surface area contributed by atoms with Crippen LogP contribution < -0.4 is 10.5 Å². The fourth-order valence-corrected chi connectivity index (χ4v) is 2.75. The summed E-state index contributed by atoms with van der Waals surface area (Å²) in [6.07, 6.45) is 2.99. The van der Waals surface area contributed by atoms with E-state index < -0.39 is 10.0 Å². The molecule has 0 spiro atoms. The summed E-state index contributed by atoms with van der Waals surface area (Å²) in [5, 5.41) is 0. The highest BCUT2D eigenvalue weighted by molar-refractivity contribution is 7.92. The first kappa shape index (κ1) is 12.5. The maximum atomic E-state index is 12.0. The third kappa shape index (κ3) is 2.19. The Kier molecular flexibility index (Phi) is 3.04. The number of nitrogens with one attached hydrogen (secondary N) is 2. The molecule has 6 heteroatoms. The quantitative estimate of drug-likeness (QED) is 0.742. The van der Waals surface area contributed by atoms with E-state index in [1.54, 1.807) is 25.3 Å². The predicted octanol–water partition coefficient (Wildman–Crippen LogP) is 2.01. The van der Waals surface area contributed by atoms with Crippen molar-refractivity contribution in [2.45, 2.75) is 18.7 Å². The molecule has 0 fully saturated rings. The molecule has 0 bridgehead atoms. The van der Waals surface area contributed by atoms with Crippen LogP contribution in [0, 0.1) is 13.8 Å². The summed E-state index contributed by atoms with van der Waals surface area (Å²) >= 11 is 0. The van der Waals surface area contributed by atoms with Crippen molar-refractivity contribution in [3.05, 3.63) is 41.7 Å². The second-order valence-electron chi connectivity index (χ2n) is 4.12. The van der Waals surface area contributed by atoms with Crippen LogP contribution in [-0.4, -0.2) is 13.4 Å². The van der Waals surface area contributed by atoms with Gasteiger partial charge in [-0.2, -0.15) is 0 Å². The van der Waals surface area contributed by atoms with E-state index in [2.05, 4.69) is 9.71 Å². The first-order valence-corrected chi connectivity index (χ1v) is 6.91. The Hall–Kier alpha value is -1.95. The van der Waals surface area contributed by atoms with Crippen LogP contribution in [0.5, 0.6) is 0 Å². The van der Waals surface area contributed by atoms with Gasteiger partial charge in [-0.3, -0.25) is 4.72 Å². The first-order chi connectivity index (χ1) is 8.42. The number of rotatable bonds is 3. The van der Waals surface area contributed by atoms with Crippen LogP contribution >= 0.6 is 0 Å². The summed E-state index contributed by atoms with van der Waals surface area (Å²) in [5.74, 6) is 0. The SMILES string of the molecule is Cc1ccc(NS(=O)(=O)c2cc[nH]c2)c(C)c1N. The van der Waals surface area contributed by atoms with Gasteiger partial charge in [-0.1, -0.05) is 6.07 Å². The molecule has 0 saturated heterocycles. The van der Waals surface area contributed by atoms with Gasteiger partial charge in [-0.25, -0.2) is 8.42 Å². The lowest BCUT2D eigenvalue weighted by atomic mass is 10.1. The number of nitrogens with two attached hydrogens (primary N) is 1. The summed E-state index contributed by atoms with van der Waals surface area (Å²) in [5.41, 5.74) is 8.64. The highest BCUT2D eigenvalue weighted by Crippen LogP contribution is 2.26. The maximum Gasteiger partial charge on any atom is 0.263 e. The van der Waals surface area contributed by atoms with Gasteiger partial charge in [0.25, 0.3) is 10.0 Å². The molecule has 5 nitrogen and oxygen atoms in total. The molecule has 0 aliphatic heterocycles. The molecule has 1 aromatic carbocycles. The zero-order valence-electron chi connectivity index (χ0n) is 10.2. The zero-order chi connectivity index (χ0) is 13.3. The molecule has 2 rings (SSSR count). The summed E-state index contributed by atoms with van der Waals surface area (Å²) in [7, 11) is -3.56. The Balaban J connectivity index is 2.39. The minimum Gasteiger partial charge on any atom is -0.398 e. The van der Waals surface area contributed by atoms with Gasteiger partial charge in [0, 0.05) is 18.1 Å². The Morgan fingerprint density at radius 3 is 2.56 bits per heavy atom. The van der Waals surface area contributed by atoms with Crippen molar-refractivity contribution in [3.8, 4) is 0 Å². The molecule has 1 aromatic heterocycles. The van der Waals surface area contributed by atoms with Gasteiger partial charge < -0.3 is 10.7 Å². The topological polar surface area (TPSA) is 88.0 Å². The van der Waals surface area contributed by atoms with E-state index in [-0.39, 0.29) is 4.90 Å². The largest absolute Gasteiger partial charge is 0.398 e. The molecular formula is C12H15N3O2S. The van der Waals surface area contributed by atoms with Crippen LogP contribution in [0.3, 0.4) is 0 Å². The third-order valence-corrected chi connectivity index (χ3v) is 4.22. The van der Waals surface area contributed by atoms with Crippen LogP contribution in [0.4, 0.5) is 11.4 Å². The molecule has 1 heterocycles.